The third kappa shape index (κ3) is 4.43. The third-order valence-electron chi connectivity index (χ3n) is 3.19. The molecule has 0 fully saturated rings. The summed E-state index contributed by atoms with van der Waals surface area (Å²) in [6.07, 6.45) is 0.596. The van der Waals surface area contributed by atoms with Gasteiger partial charge in [0.1, 0.15) is 4.21 Å². The van der Waals surface area contributed by atoms with Crippen molar-refractivity contribution >= 4 is 33.0 Å². The van der Waals surface area contributed by atoms with Crippen LogP contribution in [-0.2, 0) is 10.0 Å². The number of hydrogen-bond acceptors (Lipinski definition) is 4. The highest BCUT2D eigenvalue weighted by molar-refractivity contribution is 7.91. The second kappa shape index (κ2) is 7.04. The maximum absolute atomic E-state index is 12.2. The fraction of sp³-hybridized carbons (Fsp3) is 0.667. The SMILES string of the molecule is CC[C@H](C)C(NS(=O)(=O)c1ccc(Cl)s1)[C@@H](O)CC. The second-order valence-corrected chi connectivity index (χ2v) is 8.22. The van der Waals surface area contributed by atoms with Crippen LogP contribution >= 0.6 is 22.9 Å². The monoisotopic (exact) mass is 325 g/mol. The maximum Gasteiger partial charge on any atom is 0.250 e. The summed E-state index contributed by atoms with van der Waals surface area (Å²) >= 11 is 6.77. The number of sulfonamides is 1. The van der Waals surface area contributed by atoms with E-state index in [0.717, 1.165) is 17.8 Å². The first-order valence-corrected chi connectivity index (χ1v) is 8.95. The molecule has 19 heavy (non-hydrogen) atoms. The molecule has 0 bridgehead atoms. The van der Waals surface area contributed by atoms with Gasteiger partial charge in [0.15, 0.2) is 0 Å². The molecule has 0 saturated carbocycles. The molecule has 1 unspecified atom stereocenters. The Bertz CT molecular complexity index is 491. The first-order chi connectivity index (χ1) is 8.81. The Labute approximate surface area is 123 Å². The minimum Gasteiger partial charge on any atom is -0.391 e. The number of nitrogens with one attached hydrogen (secondary N) is 1. The highest BCUT2D eigenvalue weighted by Crippen LogP contribution is 2.26. The molecule has 1 rings (SSSR count). The average molecular weight is 326 g/mol. The average Bonchev–Trinajstić information content (AvgIpc) is 2.81. The molecule has 110 valence electrons. The molecule has 0 spiro atoms. The molecule has 2 N–H and O–H groups in total. The number of hydrogen-bond donors (Lipinski definition) is 2. The second-order valence-electron chi connectivity index (χ2n) is 4.57. The summed E-state index contributed by atoms with van der Waals surface area (Å²) in [5.74, 6) is 0.0557. The van der Waals surface area contributed by atoms with E-state index in [1.165, 1.54) is 6.07 Å². The molecule has 0 aliphatic rings. The minimum atomic E-state index is -3.62. The van der Waals surface area contributed by atoms with E-state index in [-0.39, 0.29) is 10.1 Å². The molecule has 1 aromatic rings. The fourth-order valence-electron chi connectivity index (χ4n) is 1.76. The number of aliphatic hydroxyl groups excluding tert-OH is 1. The van der Waals surface area contributed by atoms with Gasteiger partial charge in [-0.2, -0.15) is 0 Å². The highest BCUT2D eigenvalue weighted by Gasteiger charge is 2.29. The van der Waals surface area contributed by atoms with E-state index >= 15 is 0 Å². The van der Waals surface area contributed by atoms with Crippen molar-refractivity contribution in [2.75, 3.05) is 0 Å². The van der Waals surface area contributed by atoms with Crippen LogP contribution in [0.1, 0.15) is 33.6 Å². The Balaban J connectivity index is 2.95. The van der Waals surface area contributed by atoms with Crippen LogP contribution < -0.4 is 4.72 Å². The Morgan fingerprint density at radius 2 is 2.00 bits per heavy atom. The molecule has 0 saturated heterocycles. The molecule has 4 nitrogen and oxygen atoms in total. The summed E-state index contributed by atoms with van der Waals surface area (Å²) in [5, 5.41) is 9.99. The molecule has 7 heteroatoms. The zero-order valence-corrected chi connectivity index (χ0v) is 13.6. The Morgan fingerprint density at radius 3 is 2.42 bits per heavy atom. The van der Waals surface area contributed by atoms with Gasteiger partial charge in [0, 0.05) is 0 Å². The van der Waals surface area contributed by atoms with Gasteiger partial charge in [-0.15, -0.1) is 11.3 Å². The predicted molar refractivity (Wildman–Crippen MR) is 79.2 cm³/mol. The van der Waals surface area contributed by atoms with Gasteiger partial charge in [0.25, 0.3) is 0 Å². The summed E-state index contributed by atoms with van der Waals surface area (Å²) in [6.45, 7) is 5.72. The lowest BCUT2D eigenvalue weighted by molar-refractivity contribution is 0.107. The van der Waals surface area contributed by atoms with Crippen LogP contribution in [0.3, 0.4) is 0 Å². The van der Waals surface area contributed by atoms with E-state index in [4.69, 9.17) is 11.6 Å². The van der Waals surface area contributed by atoms with Crippen molar-refractivity contribution in [1.82, 2.24) is 4.72 Å². The zero-order chi connectivity index (χ0) is 14.6. The van der Waals surface area contributed by atoms with E-state index in [9.17, 15) is 13.5 Å². The van der Waals surface area contributed by atoms with E-state index in [1.807, 2.05) is 20.8 Å². The van der Waals surface area contributed by atoms with Crippen LogP contribution in [0.4, 0.5) is 0 Å². The van der Waals surface area contributed by atoms with Gasteiger partial charge < -0.3 is 5.11 Å². The normalized spacial score (nSPS) is 17.1. The molecule has 1 heterocycles. The lowest BCUT2D eigenvalue weighted by Gasteiger charge is -2.27. The Morgan fingerprint density at radius 1 is 1.37 bits per heavy atom. The topological polar surface area (TPSA) is 66.4 Å². The largest absolute Gasteiger partial charge is 0.391 e. The number of rotatable bonds is 7. The van der Waals surface area contributed by atoms with Crippen LogP contribution in [0.25, 0.3) is 0 Å². The number of aliphatic hydroxyl groups is 1. The quantitative estimate of drug-likeness (QED) is 0.810. The Hall–Kier alpha value is -0.140. The molecular weight excluding hydrogens is 306 g/mol. The minimum absolute atomic E-state index is 0.0557. The maximum atomic E-state index is 12.2. The van der Waals surface area contributed by atoms with Crippen LogP contribution in [0.2, 0.25) is 4.34 Å². The Kier molecular flexibility index (Phi) is 6.26. The lowest BCUT2D eigenvalue weighted by atomic mass is 9.94. The molecule has 0 amide bonds. The van der Waals surface area contributed by atoms with Crippen molar-refractivity contribution in [3.63, 3.8) is 0 Å². The van der Waals surface area contributed by atoms with Crippen LogP contribution in [0.15, 0.2) is 16.3 Å². The first kappa shape index (κ1) is 16.9. The standard InChI is InChI=1S/C12H20ClNO3S2/c1-4-8(3)12(9(15)5-2)14-19(16,17)11-7-6-10(13)18-11/h6-9,12,14-15H,4-5H2,1-3H3/t8-,9-,12?/m0/s1. The lowest BCUT2D eigenvalue weighted by Crippen LogP contribution is -2.46. The van der Waals surface area contributed by atoms with Crippen molar-refractivity contribution in [3.8, 4) is 0 Å². The molecule has 0 aliphatic heterocycles. The predicted octanol–water partition coefficient (Wildman–Crippen LogP) is 2.87. The van der Waals surface area contributed by atoms with Crippen molar-refractivity contribution in [3.05, 3.63) is 16.5 Å². The highest BCUT2D eigenvalue weighted by atomic mass is 35.5. The smallest absolute Gasteiger partial charge is 0.250 e. The fourth-order valence-corrected chi connectivity index (χ4v) is 4.64. The van der Waals surface area contributed by atoms with Gasteiger partial charge in [-0.1, -0.05) is 38.8 Å². The van der Waals surface area contributed by atoms with Crippen molar-refractivity contribution in [1.29, 1.82) is 0 Å². The van der Waals surface area contributed by atoms with Crippen molar-refractivity contribution in [2.24, 2.45) is 5.92 Å². The van der Waals surface area contributed by atoms with Gasteiger partial charge in [-0.25, -0.2) is 13.1 Å². The van der Waals surface area contributed by atoms with Crippen LogP contribution in [0, 0.1) is 5.92 Å². The van der Waals surface area contributed by atoms with Gasteiger partial charge in [0.05, 0.1) is 16.5 Å². The van der Waals surface area contributed by atoms with Crippen LogP contribution in [0.5, 0.6) is 0 Å². The molecular formula is C12H20ClNO3S2. The summed E-state index contributed by atoms with van der Waals surface area (Å²) in [4.78, 5) is 0. The summed E-state index contributed by atoms with van der Waals surface area (Å²) in [6, 6.07) is 2.54. The van der Waals surface area contributed by atoms with Gasteiger partial charge in [-0.05, 0) is 24.5 Å². The van der Waals surface area contributed by atoms with Crippen molar-refractivity contribution < 1.29 is 13.5 Å². The third-order valence-corrected chi connectivity index (χ3v) is 6.38. The van der Waals surface area contributed by atoms with Crippen LogP contribution in [-0.4, -0.2) is 25.7 Å². The first-order valence-electron chi connectivity index (χ1n) is 6.27. The van der Waals surface area contributed by atoms with Gasteiger partial charge in [0.2, 0.25) is 10.0 Å². The van der Waals surface area contributed by atoms with Gasteiger partial charge >= 0.3 is 0 Å². The van der Waals surface area contributed by atoms with E-state index in [0.29, 0.717) is 10.8 Å². The van der Waals surface area contributed by atoms with Gasteiger partial charge in [-0.3, -0.25) is 0 Å². The molecule has 0 aromatic carbocycles. The number of thiophene rings is 1. The van der Waals surface area contributed by atoms with Crippen molar-refractivity contribution in [2.45, 2.75) is 50.0 Å². The van der Waals surface area contributed by atoms with E-state index in [1.54, 1.807) is 6.07 Å². The van der Waals surface area contributed by atoms with E-state index in [2.05, 4.69) is 4.72 Å². The summed E-state index contributed by atoms with van der Waals surface area (Å²) in [5.41, 5.74) is 0. The number of halogens is 1. The molecule has 0 radical (unpaired) electrons. The van der Waals surface area contributed by atoms with E-state index < -0.39 is 22.2 Å². The molecule has 1 aromatic heterocycles. The summed E-state index contributed by atoms with van der Waals surface area (Å²) < 4.78 is 27.7. The molecule has 0 aliphatic carbocycles. The molecule has 3 atom stereocenters. The summed E-state index contributed by atoms with van der Waals surface area (Å²) in [7, 11) is -3.62. The zero-order valence-electron chi connectivity index (χ0n) is 11.3.